The van der Waals surface area contributed by atoms with Crippen LogP contribution in [0.2, 0.25) is 5.02 Å². The van der Waals surface area contributed by atoms with Gasteiger partial charge < -0.3 is 23.0 Å². The van der Waals surface area contributed by atoms with Crippen LogP contribution in [0.5, 0.6) is 0 Å². The van der Waals surface area contributed by atoms with E-state index in [4.69, 9.17) is 11.6 Å². The van der Waals surface area contributed by atoms with Gasteiger partial charge in [-0.05, 0) is 18.2 Å². The Kier molecular flexibility index (Phi) is 6.93. The minimum Gasteiger partial charge on any atom is -1.00 e. The molecule has 22 heavy (non-hydrogen) atoms. The molecular formula is C13H15Cl2F3N3O-. The third kappa shape index (κ3) is 5.31. The highest BCUT2D eigenvalue weighted by molar-refractivity contribution is 6.31. The summed E-state index contributed by atoms with van der Waals surface area (Å²) in [5, 5.41) is 5.24. The Labute approximate surface area is 137 Å². The fourth-order valence-electron chi connectivity index (χ4n) is 2.09. The lowest BCUT2D eigenvalue weighted by molar-refractivity contribution is -0.137. The predicted molar refractivity (Wildman–Crippen MR) is 74.4 cm³/mol. The standard InChI is InChI=1S/C13H15ClF3N3O.ClH/c14-11-2-1-9(7-10(11)13(15,16)17)19-12(21)8-20-5-3-18-4-6-20;/h1-2,7,18H,3-6,8H2,(H,19,21);1H/p-1. The molecule has 1 aliphatic rings. The van der Waals surface area contributed by atoms with Crippen LogP contribution in [0.3, 0.4) is 0 Å². The Morgan fingerprint density at radius 2 is 1.95 bits per heavy atom. The van der Waals surface area contributed by atoms with Gasteiger partial charge in [0.1, 0.15) is 0 Å². The molecule has 1 heterocycles. The Hall–Kier alpha value is -1.02. The number of nitrogens with one attached hydrogen (secondary N) is 2. The summed E-state index contributed by atoms with van der Waals surface area (Å²) in [6.07, 6.45) is -4.55. The Bertz CT molecular complexity index is 520. The van der Waals surface area contributed by atoms with Gasteiger partial charge in [-0.3, -0.25) is 9.69 Å². The average Bonchev–Trinajstić information content (AvgIpc) is 2.41. The van der Waals surface area contributed by atoms with E-state index in [1.165, 1.54) is 6.07 Å². The maximum Gasteiger partial charge on any atom is 0.417 e. The molecule has 1 aromatic rings. The largest absolute Gasteiger partial charge is 1.00 e. The first-order chi connectivity index (χ1) is 9.86. The van der Waals surface area contributed by atoms with Crippen molar-refractivity contribution in [1.29, 1.82) is 0 Å². The van der Waals surface area contributed by atoms with E-state index >= 15 is 0 Å². The zero-order chi connectivity index (χ0) is 15.5. The van der Waals surface area contributed by atoms with Crippen molar-refractivity contribution in [2.45, 2.75) is 6.18 Å². The number of rotatable bonds is 3. The van der Waals surface area contributed by atoms with Crippen molar-refractivity contribution in [2.75, 3.05) is 38.0 Å². The van der Waals surface area contributed by atoms with Gasteiger partial charge in [-0.25, -0.2) is 0 Å². The van der Waals surface area contributed by atoms with Gasteiger partial charge in [0.2, 0.25) is 5.91 Å². The van der Waals surface area contributed by atoms with E-state index < -0.39 is 11.7 Å². The Morgan fingerprint density at radius 1 is 1.32 bits per heavy atom. The number of carbonyl (C=O) groups is 1. The summed E-state index contributed by atoms with van der Waals surface area (Å²) in [5.74, 6) is -0.340. The summed E-state index contributed by atoms with van der Waals surface area (Å²) in [6, 6.07) is 3.33. The number of hydrogen-bond donors (Lipinski definition) is 2. The topological polar surface area (TPSA) is 44.4 Å². The van der Waals surface area contributed by atoms with E-state index in [9.17, 15) is 18.0 Å². The monoisotopic (exact) mass is 356 g/mol. The van der Waals surface area contributed by atoms with Crippen LogP contribution in [0.1, 0.15) is 5.56 Å². The first-order valence-electron chi connectivity index (χ1n) is 6.46. The molecular weight excluding hydrogens is 342 g/mol. The summed E-state index contributed by atoms with van der Waals surface area (Å²) in [6.45, 7) is 3.23. The number of halogens is 5. The zero-order valence-corrected chi connectivity index (χ0v) is 13.0. The van der Waals surface area contributed by atoms with Crippen molar-refractivity contribution < 1.29 is 30.4 Å². The minimum absolute atomic E-state index is 0. The molecule has 1 aliphatic heterocycles. The van der Waals surface area contributed by atoms with E-state index in [-0.39, 0.29) is 35.6 Å². The third-order valence-electron chi connectivity index (χ3n) is 3.13. The molecule has 0 atom stereocenters. The van der Waals surface area contributed by atoms with Crippen LogP contribution in [0.25, 0.3) is 0 Å². The molecule has 1 amide bonds. The number of hydrogen-bond acceptors (Lipinski definition) is 3. The second-order valence-corrected chi connectivity index (χ2v) is 5.17. The molecule has 124 valence electrons. The van der Waals surface area contributed by atoms with Crippen LogP contribution in [-0.2, 0) is 11.0 Å². The Balaban J connectivity index is 0.00000242. The second kappa shape index (κ2) is 8.01. The number of alkyl halides is 3. The summed E-state index contributed by atoms with van der Waals surface area (Å²) >= 11 is 5.53. The van der Waals surface area contributed by atoms with Crippen molar-refractivity contribution in [3.05, 3.63) is 28.8 Å². The maximum atomic E-state index is 12.7. The van der Waals surface area contributed by atoms with Crippen LogP contribution in [0.15, 0.2) is 18.2 Å². The van der Waals surface area contributed by atoms with Gasteiger partial charge in [0.25, 0.3) is 0 Å². The molecule has 4 nitrogen and oxygen atoms in total. The SMILES string of the molecule is O=C(CN1CCNCC1)Nc1ccc(Cl)c(C(F)(F)F)c1.[Cl-]. The molecule has 1 saturated heterocycles. The smallest absolute Gasteiger partial charge is 0.417 e. The number of amides is 1. The van der Waals surface area contributed by atoms with Crippen LogP contribution >= 0.6 is 11.6 Å². The van der Waals surface area contributed by atoms with E-state index in [0.717, 1.165) is 38.3 Å². The van der Waals surface area contributed by atoms with Gasteiger partial charge in [-0.2, -0.15) is 13.2 Å². The molecule has 0 aliphatic carbocycles. The highest BCUT2D eigenvalue weighted by Gasteiger charge is 2.33. The summed E-state index contributed by atoms with van der Waals surface area (Å²) in [4.78, 5) is 13.8. The molecule has 0 bridgehead atoms. The van der Waals surface area contributed by atoms with E-state index in [2.05, 4.69) is 10.6 Å². The van der Waals surface area contributed by atoms with Crippen molar-refractivity contribution in [3.8, 4) is 0 Å². The van der Waals surface area contributed by atoms with Crippen LogP contribution in [0.4, 0.5) is 18.9 Å². The van der Waals surface area contributed by atoms with Crippen LogP contribution in [0, 0.1) is 0 Å². The van der Waals surface area contributed by atoms with Gasteiger partial charge in [0, 0.05) is 31.9 Å². The lowest BCUT2D eigenvalue weighted by Gasteiger charge is -2.26. The van der Waals surface area contributed by atoms with Crippen molar-refractivity contribution >= 4 is 23.2 Å². The molecule has 2 N–H and O–H groups in total. The third-order valence-corrected chi connectivity index (χ3v) is 3.46. The zero-order valence-electron chi connectivity index (χ0n) is 11.5. The van der Waals surface area contributed by atoms with Gasteiger partial charge >= 0.3 is 6.18 Å². The molecule has 0 aromatic heterocycles. The number of piperazine rings is 1. The molecule has 2 rings (SSSR count). The van der Waals surface area contributed by atoms with Crippen LogP contribution < -0.4 is 23.0 Å². The fraction of sp³-hybridized carbons (Fsp3) is 0.462. The lowest BCUT2D eigenvalue weighted by atomic mass is 10.2. The molecule has 0 unspecified atom stereocenters. The minimum atomic E-state index is -4.55. The summed E-state index contributed by atoms with van der Waals surface area (Å²) < 4.78 is 38.2. The Morgan fingerprint density at radius 3 is 2.55 bits per heavy atom. The van der Waals surface area contributed by atoms with Gasteiger partial charge in [0.15, 0.2) is 0 Å². The van der Waals surface area contributed by atoms with E-state index in [1.807, 2.05) is 4.90 Å². The molecule has 1 fully saturated rings. The van der Waals surface area contributed by atoms with E-state index in [0.29, 0.717) is 0 Å². The first kappa shape index (κ1) is 19.0. The van der Waals surface area contributed by atoms with E-state index in [1.54, 1.807) is 0 Å². The predicted octanol–water partition coefficient (Wildman–Crippen LogP) is -0.793. The van der Waals surface area contributed by atoms with Crippen molar-refractivity contribution in [2.24, 2.45) is 0 Å². The molecule has 0 radical (unpaired) electrons. The number of carbonyl (C=O) groups excluding carboxylic acids is 1. The van der Waals surface area contributed by atoms with Crippen molar-refractivity contribution in [3.63, 3.8) is 0 Å². The summed E-state index contributed by atoms with van der Waals surface area (Å²) in [5.41, 5.74) is -0.865. The van der Waals surface area contributed by atoms with Crippen molar-refractivity contribution in [1.82, 2.24) is 10.2 Å². The highest BCUT2D eigenvalue weighted by atomic mass is 35.5. The summed E-state index contributed by atoms with van der Waals surface area (Å²) in [7, 11) is 0. The highest BCUT2D eigenvalue weighted by Crippen LogP contribution is 2.36. The van der Waals surface area contributed by atoms with Crippen LogP contribution in [-0.4, -0.2) is 43.5 Å². The number of benzene rings is 1. The molecule has 0 spiro atoms. The quantitative estimate of drug-likeness (QED) is 0.745. The number of anilines is 1. The average molecular weight is 357 g/mol. The lowest BCUT2D eigenvalue weighted by Crippen LogP contribution is -3.00. The number of nitrogens with zero attached hydrogens (tertiary/aromatic N) is 1. The molecule has 1 aromatic carbocycles. The molecule has 9 heteroatoms. The second-order valence-electron chi connectivity index (χ2n) is 4.77. The van der Waals surface area contributed by atoms with Gasteiger partial charge in [0.05, 0.1) is 17.1 Å². The normalized spacial score (nSPS) is 16.0. The fourth-order valence-corrected chi connectivity index (χ4v) is 2.32. The first-order valence-corrected chi connectivity index (χ1v) is 6.84. The molecule has 0 saturated carbocycles. The van der Waals surface area contributed by atoms with Gasteiger partial charge in [-0.15, -0.1) is 0 Å². The maximum absolute atomic E-state index is 12.7. The van der Waals surface area contributed by atoms with Gasteiger partial charge in [-0.1, -0.05) is 11.6 Å².